The van der Waals surface area contributed by atoms with Crippen LogP contribution in [0.2, 0.25) is 10.0 Å². The molecule has 0 radical (unpaired) electrons. The maximum absolute atomic E-state index is 12.2. The zero-order valence-electron chi connectivity index (χ0n) is 10.7. The molecule has 1 heterocycles. The van der Waals surface area contributed by atoms with E-state index in [4.69, 9.17) is 28.3 Å². The minimum atomic E-state index is -0.908. The number of nitrogens with one attached hydrogen (secondary N) is 1. The van der Waals surface area contributed by atoms with Gasteiger partial charge in [0, 0.05) is 40.5 Å². The quantitative estimate of drug-likeness (QED) is 0.814. The number of carbonyl (C=O) groups excluding carboxylic acids is 1. The molecule has 0 aliphatic rings. The summed E-state index contributed by atoms with van der Waals surface area (Å²) in [5, 5.41) is 10.2. The lowest BCUT2D eigenvalue weighted by Gasteiger charge is -2.07. The molecule has 1 aromatic heterocycles. The average molecular weight is 314 g/mol. The van der Waals surface area contributed by atoms with E-state index in [2.05, 4.69) is 4.98 Å². The Morgan fingerprint density at radius 1 is 1.30 bits per heavy atom. The van der Waals surface area contributed by atoms with Gasteiger partial charge in [-0.2, -0.15) is 0 Å². The highest BCUT2D eigenvalue weighted by atomic mass is 35.5. The van der Waals surface area contributed by atoms with Crippen LogP contribution < -0.4 is 0 Å². The van der Waals surface area contributed by atoms with Crippen LogP contribution in [0.1, 0.15) is 30.1 Å². The predicted molar refractivity (Wildman–Crippen MR) is 78.7 cm³/mol. The fraction of sp³-hybridized carbons (Fsp3) is 0.286. The first-order chi connectivity index (χ1) is 9.38. The second-order valence-corrected chi connectivity index (χ2v) is 5.69. The van der Waals surface area contributed by atoms with Crippen molar-refractivity contribution in [1.82, 2.24) is 4.98 Å². The number of hydrogen-bond acceptors (Lipinski definition) is 2. The molecule has 2 aromatic rings. The van der Waals surface area contributed by atoms with Gasteiger partial charge in [-0.25, -0.2) is 0 Å². The normalized spacial score (nSPS) is 12.6. The highest BCUT2D eigenvalue weighted by molar-refractivity contribution is 6.39. The minimum absolute atomic E-state index is 0.0341. The van der Waals surface area contributed by atoms with Crippen molar-refractivity contribution in [2.24, 2.45) is 5.92 Å². The molecule has 0 saturated carbocycles. The zero-order chi connectivity index (χ0) is 14.9. The van der Waals surface area contributed by atoms with Gasteiger partial charge in [-0.05, 0) is 18.1 Å². The first-order valence-corrected chi connectivity index (χ1v) is 6.85. The standard InChI is InChI=1S/C14H13Cl2NO3/c1-7(3-13(19)20)2-12(18)9-6-17-11-5-8(15)4-10(16)14(9)11/h4-7,17H,2-3H2,1H3,(H,19,20). The summed E-state index contributed by atoms with van der Waals surface area (Å²) in [5.74, 6) is -1.26. The van der Waals surface area contributed by atoms with Gasteiger partial charge in [-0.15, -0.1) is 0 Å². The van der Waals surface area contributed by atoms with Crippen molar-refractivity contribution in [3.8, 4) is 0 Å². The molecule has 0 spiro atoms. The van der Waals surface area contributed by atoms with Gasteiger partial charge in [0.1, 0.15) is 0 Å². The Bertz CT molecular complexity index is 678. The molecular formula is C14H13Cl2NO3. The van der Waals surface area contributed by atoms with Crippen LogP contribution in [0.3, 0.4) is 0 Å². The van der Waals surface area contributed by atoms with E-state index in [1.165, 1.54) is 0 Å². The molecule has 0 aliphatic carbocycles. The molecule has 0 fully saturated rings. The number of H-pyrrole nitrogens is 1. The van der Waals surface area contributed by atoms with Gasteiger partial charge in [0.25, 0.3) is 0 Å². The molecular weight excluding hydrogens is 301 g/mol. The number of carboxylic acid groups (broad SMARTS) is 1. The molecule has 0 bridgehead atoms. The van der Waals surface area contributed by atoms with Gasteiger partial charge in [0.2, 0.25) is 0 Å². The van der Waals surface area contributed by atoms with Crippen LogP contribution in [0.15, 0.2) is 18.3 Å². The van der Waals surface area contributed by atoms with Crippen molar-refractivity contribution < 1.29 is 14.7 Å². The third-order valence-electron chi connectivity index (χ3n) is 3.05. The second-order valence-electron chi connectivity index (χ2n) is 4.84. The number of aliphatic carboxylic acids is 1. The van der Waals surface area contributed by atoms with Crippen molar-refractivity contribution in [2.75, 3.05) is 0 Å². The first kappa shape index (κ1) is 14.9. The summed E-state index contributed by atoms with van der Waals surface area (Å²) >= 11 is 12.0. The Kier molecular flexibility index (Phi) is 4.35. The number of ketones is 1. The molecule has 1 aromatic carbocycles. The van der Waals surface area contributed by atoms with Gasteiger partial charge in [-0.3, -0.25) is 9.59 Å². The minimum Gasteiger partial charge on any atom is -0.481 e. The lowest BCUT2D eigenvalue weighted by molar-refractivity contribution is -0.137. The predicted octanol–water partition coefficient (Wildman–Crippen LogP) is 4.16. The van der Waals surface area contributed by atoms with E-state index in [0.29, 0.717) is 26.5 Å². The van der Waals surface area contributed by atoms with Gasteiger partial charge in [0.15, 0.2) is 5.78 Å². The van der Waals surface area contributed by atoms with Crippen molar-refractivity contribution in [3.05, 3.63) is 33.9 Å². The monoisotopic (exact) mass is 313 g/mol. The van der Waals surface area contributed by atoms with E-state index >= 15 is 0 Å². The largest absolute Gasteiger partial charge is 0.481 e. The first-order valence-electron chi connectivity index (χ1n) is 6.09. The van der Waals surface area contributed by atoms with E-state index in [0.717, 1.165) is 0 Å². The Hall–Kier alpha value is -1.52. The van der Waals surface area contributed by atoms with Gasteiger partial charge in [0.05, 0.1) is 5.02 Å². The van der Waals surface area contributed by atoms with Crippen molar-refractivity contribution in [2.45, 2.75) is 19.8 Å². The number of aromatic amines is 1. The Balaban J connectivity index is 2.29. The van der Waals surface area contributed by atoms with Crippen LogP contribution >= 0.6 is 23.2 Å². The number of aromatic nitrogens is 1. The Morgan fingerprint density at radius 2 is 2.00 bits per heavy atom. The summed E-state index contributed by atoms with van der Waals surface area (Å²) < 4.78 is 0. The van der Waals surface area contributed by atoms with E-state index in [-0.39, 0.29) is 24.5 Å². The average Bonchev–Trinajstić information content (AvgIpc) is 2.71. The van der Waals surface area contributed by atoms with Gasteiger partial charge in [-0.1, -0.05) is 30.1 Å². The van der Waals surface area contributed by atoms with Gasteiger partial charge < -0.3 is 10.1 Å². The van der Waals surface area contributed by atoms with Crippen molar-refractivity contribution in [1.29, 1.82) is 0 Å². The van der Waals surface area contributed by atoms with E-state index in [9.17, 15) is 9.59 Å². The summed E-state index contributed by atoms with van der Waals surface area (Å²) in [6, 6.07) is 3.27. The summed E-state index contributed by atoms with van der Waals surface area (Å²) in [7, 11) is 0. The molecule has 0 amide bonds. The van der Waals surface area contributed by atoms with Crippen LogP contribution in [0, 0.1) is 5.92 Å². The molecule has 1 atom stereocenters. The number of fused-ring (bicyclic) bond motifs is 1. The molecule has 1 unspecified atom stereocenters. The van der Waals surface area contributed by atoms with E-state index in [1.807, 2.05) is 0 Å². The summed E-state index contributed by atoms with van der Waals surface area (Å²) in [6.45, 7) is 1.74. The number of halogens is 2. The molecule has 106 valence electrons. The van der Waals surface area contributed by atoms with Crippen molar-refractivity contribution >= 4 is 45.9 Å². The number of Topliss-reactive ketones (excluding diaryl/α,β-unsaturated/α-hetero) is 1. The molecule has 2 rings (SSSR count). The topological polar surface area (TPSA) is 70.2 Å². The Labute approximate surface area is 125 Å². The number of hydrogen-bond donors (Lipinski definition) is 2. The highest BCUT2D eigenvalue weighted by Crippen LogP contribution is 2.31. The molecule has 0 aliphatic heterocycles. The van der Waals surface area contributed by atoms with E-state index < -0.39 is 5.97 Å². The zero-order valence-corrected chi connectivity index (χ0v) is 12.3. The third-order valence-corrected chi connectivity index (χ3v) is 3.57. The van der Waals surface area contributed by atoms with Crippen molar-refractivity contribution in [3.63, 3.8) is 0 Å². The maximum atomic E-state index is 12.2. The third kappa shape index (κ3) is 3.14. The van der Waals surface area contributed by atoms with Crippen LogP contribution in [-0.2, 0) is 4.79 Å². The number of rotatable bonds is 5. The molecule has 20 heavy (non-hydrogen) atoms. The number of carboxylic acids is 1. The maximum Gasteiger partial charge on any atom is 0.303 e. The summed E-state index contributed by atoms with van der Waals surface area (Å²) in [4.78, 5) is 25.8. The lowest BCUT2D eigenvalue weighted by Crippen LogP contribution is -2.10. The Morgan fingerprint density at radius 3 is 2.65 bits per heavy atom. The molecule has 2 N–H and O–H groups in total. The smallest absolute Gasteiger partial charge is 0.303 e. The van der Waals surface area contributed by atoms with Crippen LogP contribution in [0.4, 0.5) is 0 Å². The molecule has 4 nitrogen and oxygen atoms in total. The molecule has 6 heteroatoms. The fourth-order valence-electron chi connectivity index (χ4n) is 2.20. The summed E-state index contributed by atoms with van der Waals surface area (Å²) in [5.41, 5.74) is 1.16. The number of carbonyl (C=O) groups is 2. The lowest BCUT2D eigenvalue weighted by atomic mass is 9.97. The SMILES string of the molecule is CC(CC(=O)O)CC(=O)c1c[nH]c2cc(Cl)cc(Cl)c12. The summed E-state index contributed by atoms with van der Waals surface area (Å²) in [6.07, 6.45) is 1.72. The second kappa shape index (κ2) is 5.85. The highest BCUT2D eigenvalue weighted by Gasteiger charge is 2.19. The number of benzene rings is 1. The van der Waals surface area contributed by atoms with Crippen LogP contribution in [0.25, 0.3) is 10.9 Å². The van der Waals surface area contributed by atoms with Crippen LogP contribution in [-0.4, -0.2) is 21.8 Å². The van der Waals surface area contributed by atoms with E-state index in [1.54, 1.807) is 25.3 Å². The van der Waals surface area contributed by atoms with Crippen LogP contribution in [0.5, 0.6) is 0 Å². The fourth-order valence-corrected chi connectivity index (χ4v) is 2.80. The van der Waals surface area contributed by atoms with Gasteiger partial charge >= 0.3 is 5.97 Å². The molecule has 0 saturated heterocycles.